The van der Waals surface area contributed by atoms with Gasteiger partial charge in [-0.3, -0.25) is 9.59 Å². The quantitative estimate of drug-likeness (QED) is 0.808. The van der Waals surface area contributed by atoms with Crippen LogP contribution in [0.1, 0.15) is 22.3 Å². The van der Waals surface area contributed by atoms with E-state index in [2.05, 4.69) is 10.6 Å². The third-order valence-electron chi connectivity index (χ3n) is 3.41. The molecule has 0 saturated heterocycles. The lowest BCUT2D eigenvalue weighted by Gasteiger charge is -2.08. The Morgan fingerprint density at radius 1 is 0.958 bits per heavy atom. The second kappa shape index (κ2) is 9.03. The van der Waals surface area contributed by atoms with Crippen LogP contribution in [0.5, 0.6) is 0 Å². The van der Waals surface area contributed by atoms with E-state index in [9.17, 15) is 14.0 Å². The number of rotatable bonds is 7. The van der Waals surface area contributed by atoms with Crippen LogP contribution >= 0.6 is 11.6 Å². The number of halogens is 2. The summed E-state index contributed by atoms with van der Waals surface area (Å²) >= 11 is 5.93. The smallest absolute Gasteiger partial charge is 0.252 e. The Morgan fingerprint density at radius 2 is 1.67 bits per heavy atom. The molecule has 0 aliphatic heterocycles. The highest BCUT2D eigenvalue weighted by Crippen LogP contribution is 2.14. The molecule has 0 radical (unpaired) electrons. The molecular formula is C18H18ClFN2O2. The van der Waals surface area contributed by atoms with Gasteiger partial charge in [0.05, 0.1) is 10.6 Å². The van der Waals surface area contributed by atoms with E-state index < -0.39 is 0 Å². The maximum atomic E-state index is 12.8. The van der Waals surface area contributed by atoms with Crippen molar-refractivity contribution in [2.75, 3.05) is 13.1 Å². The van der Waals surface area contributed by atoms with Gasteiger partial charge in [-0.05, 0) is 36.2 Å². The summed E-state index contributed by atoms with van der Waals surface area (Å²) in [5.74, 6) is -0.742. The van der Waals surface area contributed by atoms with Gasteiger partial charge in [-0.15, -0.1) is 0 Å². The number of nitrogens with one attached hydrogen (secondary N) is 2. The van der Waals surface area contributed by atoms with Crippen LogP contribution in [-0.2, 0) is 11.2 Å². The van der Waals surface area contributed by atoms with Crippen LogP contribution in [0.2, 0.25) is 5.02 Å². The van der Waals surface area contributed by atoms with Gasteiger partial charge in [0.2, 0.25) is 5.91 Å². The van der Waals surface area contributed by atoms with E-state index in [1.807, 2.05) is 0 Å². The average molecular weight is 349 g/mol. The monoisotopic (exact) mass is 348 g/mol. The third-order valence-corrected chi connectivity index (χ3v) is 3.73. The van der Waals surface area contributed by atoms with Gasteiger partial charge in [-0.2, -0.15) is 0 Å². The molecule has 6 heteroatoms. The molecule has 2 aromatic rings. The summed E-state index contributed by atoms with van der Waals surface area (Å²) in [6.07, 6.45) is 0.803. The highest BCUT2D eigenvalue weighted by molar-refractivity contribution is 6.33. The molecule has 0 aromatic heterocycles. The lowest BCUT2D eigenvalue weighted by Crippen LogP contribution is -2.31. The topological polar surface area (TPSA) is 58.2 Å². The molecule has 0 fully saturated rings. The van der Waals surface area contributed by atoms with Crippen LogP contribution in [0.3, 0.4) is 0 Å². The van der Waals surface area contributed by atoms with Crippen LogP contribution < -0.4 is 10.6 Å². The fraction of sp³-hybridized carbons (Fsp3) is 0.222. The highest BCUT2D eigenvalue weighted by atomic mass is 35.5. The summed E-state index contributed by atoms with van der Waals surface area (Å²) in [5, 5.41) is 5.79. The van der Waals surface area contributed by atoms with E-state index >= 15 is 0 Å². The van der Waals surface area contributed by atoms with Crippen molar-refractivity contribution in [2.24, 2.45) is 0 Å². The van der Waals surface area contributed by atoms with Gasteiger partial charge in [-0.25, -0.2) is 4.39 Å². The predicted octanol–water partition coefficient (Wildman–Crippen LogP) is 2.96. The second-order valence-electron chi connectivity index (χ2n) is 5.21. The van der Waals surface area contributed by atoms with Crippen LogP contribution in [0.15, 0.2) is 48.5 Å². The van der Waals surface area contributed by atoms with Crippen molar-refractivity contribution < 1.29 is 14.0 Å². The van der Waals surface area contributed by atoms with Gasteiger partial charge in [0, 0.05) is 19.5 Å². The predicted molar refractivity (Wildman–Crippen MR) is 91.5 cm³/mol. The summed E-state index contributed by atoms with van der Waals surface area (Å²) in [6.45, 7) is 0.690. The van der Waals surface area contributed by atoms with Gasteiger partial charge in [0.25, 0.3) is 5.91 Å². The zero-order valence-corrected chi connectivity index (χ0v) is 13.8. The van der Waals surface area contributed by atoms with Gasteiger partial charge in [0.1, 0.15) is 5.82 Å². The molecule has 4 nitrogen and oxygen atoms in total. The summed E-state index contributed by atoms with van der Waals surface area (Å²) in [7, 11) is 0. The van der Waals surface area contributed by atoms with Crippen molar-refractivity contribution in [3.63, 3.8) is 0 Å². The lowest BCUT2D eigenvalue weighted by atomic mass is 10.1. The molecule has 2 rings (SSSR count). The zero-order valence-electron chi connectivity index (χ0n) is 13.0. The molecule has 2 amide bonds. The largest absolute Gasteiger partial charge is 0.356 e. The van der Waals surface area contributed by atoms with Crippen molar-refractivity contribution in [3.8, 4) is 0 Å². The first kappa shape index (κ1) is 17.9. The molecule has 24 heavy (non-hydrogen) atoms. The van der Waals surface area contributed by atoms with E-state index in [1.54, 1.807) is 36.4 Å². The van der Waals surface area contributed by atoms with Crippen molar-refractivity contribution in [1.82, 2.24) is 10.6 Å². The average Bonchev–Trinajstić information content (AvgIpc) is 2.57. The highest BCUT2D eigenvalue weighted by Gasteiger charge is 2.09. The normalized spacial score (nSPS) is 10.2. The molecule has 0 aliphatic rings. The minimum atomic E-state index is -0.306. The standard InChI is InChI=1S/C18H18ClFN2O2/c19-16-4-2-1-3-15(16)18(24)22-12-10-17(23)21-11-9-13-5-7-14(20)8-6-13/h1-8H,9-12H2,(H,21,23)(H,22,24). The molecule has 126 valence electrons. The summed E-state index contributed by atoms with van der Waals surface area (Å²) in [4.78, 5) is 23.6. The number of benzene rings is 2. The molecule has 0 spiro atoms. The fourth-order valence-electron chi connectivity index (χ4n) is 2.12. The minimum Gasteiger partial charge on any atom is -0.356 e. The minimum absolute atomic E-state index is 0.156. The zero-order chi connectivity index (χ0) is 17.4. The van der Waals surface area contributed by atoms with E-state index in [-0.39, 0.29) is 30.6 Å². The Morgan fingerprint density at radius 3 is 2.38 bits per heavy atom. The molecule has 0 aliphatic carbocycles. The van der Waals surface area contributed by atoms with Gasteiger partial charge in [-0.1, -0.05) is 35.9 Å². The molecular weight excluding hydrogens is 331 g/mol. The third kappa shape index (κ3) is 5.66. The summed E-state index contributed by atoms with van der Waals surface area (Å²) < 4.78 is 12.8. The van der Waals surface area contributed by atoms with E-state index in [0.717, 1.165) is 5.56 Å². The summed E-state index contributed by atoms with van der Waals surface area (Å²) in [6, 6.07) is 12.9. The van der Waals surface area contributed by atoms with Gasteiger partial charge >= 0.3 is 0 Å². The van der Waals surface area contributed by atoms with Crippen molar-refractivity contribution >= 4 is 23.4 Å². The molecule has 0 saturated carbocycles. The maximum Gasteiger partial charge on any atom is 0.252 e. The molecule has 0 heterocycles. The maximum absolute atomic E-state index is 12.8. The number of carbonyl (C=O) groups excluding carboxylic acids is 2. The molecule has 2 aromatic carbocycles. The number of hydrogen-bond donors (Lipinski definition) is 2. The number of hydrogen-bond acceptors (Lipinski definition) is 2. The molecule has 2 N–H and O–H groups in total. The Hall–Kier alpha value is -2.40. The Labute approximate surface area is 145 Å². The summed E-state index contributed by atoms with van der Waals surface area (Å²) in [5.41, 5.74) is 1.33. The van der Waals surface area contributed by atoms with Crippen molar-refractivity contribution in [1.29, 1.82) is 0 Å². The van der Waals surface area contributed by atoms with Crippen LogP contribution in [0, 0.1) is 5.82 Å². The first-order valence-electron chi connectivity index (χ1n) is 7.60. The first-order chi connectivity index (χ1) is 11.6. The second-order valence-corrected chi connectivity index (χ2v) is 5.62. The molecule has 0 bridgehead atoms. The van der Waals surface area contributed by atoms with E-state index in [4.69, 9.17) is 11.6 Å². The Balaban J connectivity index is 1.65. The number of carbonyl (C=O) groups is 2. The Kier molecular flexibility index (Phi) is 6.75. The fourth-order valence-corrected chi connectivity index (χ4v) is 2.34. The van der Waals surface area contributed by atoms with E-state index in [1.165, 1.54) is 12.1 Å². The first-order valence-corrected chi connectivity index (χ1v) is 7.98. The van der Waals surface area contributed by atoms with Gasteiger partial charge < -0.3 is 10.6 Å². The molecule has 0 unspecified atom stereocenters. The number of amides is 2. The van der Waals surface area contributed by atoms with E-state index in [0.29, 0.717) is 23.6 Å². The van der Waals surface area contributed by atoms with Crippen LogP contribution in [0.4, 0.5) is 4.39 Å². The lowest BCUT2D eigenvalue weighted by molar-refractivity contribution is -0.120. The molecule has 0 atom stereocenters. The van der Waals surface area contributed by atoms with Crippen molar-refractivity contribution in [3.05, 3.63) is 70.5 Å². The van der Waals surface area contributed by atoms with Crippen LogP contribution in [0.25, 0.3) is 0 Å². The van der Waals surface area contributed by atoms with Gasteiger partial charge in [0.15, 0.2) is 0 Å². The SMILES string of the molecule is O=C(CCNC(=O)c1ccccc1Cl)NCCc1ccc(F)cc1. The Bertz CT molecular complexity index is 704. The van der Waals surface area contributed by atoms with Crippen molar-refractivity contribution in [2.45, 2.75) is 12.8 Å². The van der Waals surface area contributed by atoms with Crippen LogP contribution in [-0.4, -0.2) is 24.9 Å².